The van der Waals surface area contributed by atoms with Gasteiger partial charge in [-0.3, -0.25) is 4.90 Å². The maximum atomic E-state index is 10.5. The van der Waals surface area contributed by atoms with Crippen molar-refractivity contribution in [3.8, 4) is 0 Å². The molecule has 1 saturated heterocycles. The zero-order valence-corrected chi connectivity index (χ0v) is 13.0. The second-order valence-electron chi connectivity index (χ2n) is 5.21. The van der Waals surface area contributed by atoms with Gasteiger partial charge < -0.3 is 10.0 Å². The fraction of sp³-hybridized carbons (Fsp3) is 0.438. The Labute approximate surface area is 130 Å². The summed E-state index contributed by atoms with van der Waals surface area (Å²) >= 11 is 6.23. The molecule has 0 amide bonds. The van der Waals surface area contributed by atoms with Crippen LogP contribution in [0.15, 0.2) is 24.3 Å². The molecule has 0 bridgehead atoms. The van der Waals surface area contributed by atoms with Gasteiger partial charge in [0.15, 0.2) is 0 Å². The Balaban J connectivity index is 2.02. The summed E-state index contributed by atoms with van der Waals surface area (Å²) in [7, 11) is 0. The summed E-state index contributed by atoms with van der Waals surface area (Å²) in [4.78, 5) is 15.3. The number of anilines is 1. The fourth-order valence-electron chi connectivity index (χ4n) is 2.55. The maximum absolute atomic E-state index is 10.5. The van der Waals surface area contributed by atoms with Gasteiger partial charge in [-0.15, -0.1) is 0 Å². The molecule has 4 nitrogen and oxygen atoms in total. The molecular formula is C16H21ClN2O2. The van der Waals surface area contributed by atoms with Gasteiger partial charge in [0, 0.05) is 43.0 Å². The predicted octanol–water partition coefficient (Wildman–Crippen LogP) is 2.97. The minimum Gasteiger partial charge on any atom is -0.478 e. The van der Waals surface area contributed by atoms with E-state index in [1.165, 1.54) is 12.5 Å². The molecule has 1 N–H and O–H groups in total. The highest BCUT2D eigenvalue weighted by Crippen LogP contribution is 2.25. The number of piperazine rings is 1. The van der Waals surface area contributed by atoms with E-state index in [0.717, 1.165) is 50.1 Å². The molecule has 21 heavy (non-hydrogen) atoms. The third-order valence-corrected chi connectivity index (χ3v) is 3.99. The first-order valence-corrected chi connectivity index (χ1v) is 7.66. The molecule has 5 heteroatoms. The molecule has 1 fully saturated rings. The van der Waals surface area contributed by atoms with Crippen LogP contribution in [-0.2, 0) is 4.79 Å². The van der Waals surface area contributed by atoms with Crippen molar-refractivity contribution in [3.63, 3.8) is 0 Å². The van der Waals surface area contributed by atoms with Crippen LogP contribution in [0.1, 0.15) is 18.9 Å². The van der Waals surface area contributed by atoms with Crippen LogP contribution < -0.4 is 4.90 Å². The number of benzene rings is 1. The van der Waals surface area contributed by atoms with Crippen LogP contribution in [0, 0.1) is 0 Å². The van der Waals surface area contributed by atoms with Gasteiger partial charge in [0.1, 0.15) is 0 Å². The molecule has 114 valence electrons. The summed E-state index contributed by atoms with van der Waals surface area (Å²) in [6.07, 6.45) is 3.81. The molecule has 0 aliphatic carbocycles. The lowest BCUT2D eigenvalue weighted by Crippen LogP contribution is -2.46. The van der Waals surface area contributed by atoms with Crippen LogP contribution in [-0.4, -0.2) is 48.7 Å². The molecule has 1 aromatic rings. The second-order valence-corrected chi connectivity index (χ2v) is 5.61. The van der Waals surface area contributed by atoms with Crippen LogP contribution in [0.4, 0.5) is 5.69 Å². The van der Waals surface area contributed by atoms with Crippen LogP contribution >= 0.6 is 11.6 Å². The lowest BCUT2D eigenvalue weighted by molar-refractivity contribution is -0.131. The largest absolute Gasteiger partial charge is 0.478 e. The zero-order chi connectivity index (χ0) is 15.2. The topological polar surface area (TPSA) is 43.8 Å². The summed E-state index contributed by atoms with van der Waals surface area (Å²) < 4.78 is 0. The number of carbonyl (C=O) groups is 1. The molecule has 0 atom stereocenters. The quantitative estimate of drug-likeness (QED) is 0.849. The van der Waals surface area contributed by atoms with E-state index in [0.29, 0.717) is 5.02 Å². The number of halogens is 1. The van der Waals surface area contributed by atoms with Gasteiger partial charge >= 0.3 is 5.97 Å². The lowest BCUT2D eigenvalue weighted by Gasteiger charge is -2.36. The first-order valence-electron chi connectivity index (χ1n) is 7.28. The van der Waals surface area contributed by atoms with Crippen molar-refractivity contribution >= 4 is 29.3 Å². The third-order valence-electron chi connectivity index (χ3n) is 3.67. The van der Waals surface area contributed by atoms with Crippen LogP contribution in [0.3, 0.4) is 0 Å². The van der Waals surface area contributed by atoms with Crippen molar-refractivity contribution in [1.82, 2.24) is 4.90 Å². The first-order chi connectivity index (χ1) is 10.1. The van der Waals surface area contributed by atoms with E-state index in [2.05, 4.69) is 16.7 Å². The summed E-state index contributed by atoms with van der Waals surface area (Å²) in [5, 5.41) is 9.23. The monoisotopic (exact) mass is 308 g/mol. The third kappa shape index (κ3) is 4.48. The Morgan fingerprint density at radius 1 is 1.33 bits per heavy atom. The first kappa shape index (κ1) is 15.9. The number of hydrogen-bond acceptors (Lipinski definition) is 3. The number of nitrogens with zero attached hydrogens (tertiary/aromatic N) is 2. The highest BCUT2D eigenvalue weighted by atomic mass is 35.5. The van der Waals surface area contributed by atoms with E-state index in [-0.39, 0.29) is 0 Å². The Morgan fingerprint density at radius 2 is 2.05 bits per heavy atom. The summed E-state index contributed by atoms with van der Waals surface area (Å²) in [6.45, 7) is 7.52. The number of carboxylic acid groups (broad SMARTS) is 1. The smallest absolute Gasteiger partial charge is 0.328 e. The van der Waals surface area contributed by atoms with Gasteiger partial charge in [0.25, 0.3) is 0 Å². The standard InChI is InChI=1S/C16H21ClN2O2/c1-2-7-18-8-10-19(11-9-18)14-5-3-13(15(17)12-14)4-6-16(20)21/h3-6,12H,2,7-11H2,1H3,(H,20,21)/b6-4+. The zero-order valence-electron chi connectivity index (χ0n) is 12.3. The predicted molar refractivity (Wildman–Crippen MR) is 87.1 cm³/mol. The van der Waals surface area contributed by atoms with Gasteiger partial charge in [0.05, 0.1) is 0 Å². The minimum absolute atomic E-state index is 0.584. The molecular weight excluding hydrogens is 288 g/mol. The van der Waals surface area contributed by atoms with Crippen molar-refractivity contribution in [2.45, 2.75) is 13.3 Å². The number of aliphatic carboxylic acids is 1. The van der Waals surface area contributed by atoms with Crippen molar-refractivity contribution in [2.75, 3.05) is 37.6 Å². The maximum Gasteiger partial charge on any atom is 0.328 e. The summed E-state index contributed by atoms with van der Waals surface area (Å²) in [5.74, 6) is -0.970. The lowest BCUT2D eigenvalue weighted by atomic mass is 10.1. The molecule has 0 aromatic heterocycles. The van der Waals surface area contributed by atoms with E-state index in [1.54, 1.807) is 0 Å². The molecule has 1 heterocycles. The van der Waals surface area contributed by atoms with Crippen molar-refractivity contribution in [3.05, 3.63) is 34.9 Å². The Morgan fingerprint density at radius 3 is 2.62 bits per heavy atom. The molecule has 0 unspecified atom stereocenters. The summed E-state index contributed by atoms with van der Waals surface area (Å²) in [5.41, 5.74) is 1.83. The van der Waals surface area contributed by atoms with Crippen molar-refractivity contribution < 1.29 is 9.90 Å². The SMILES string of the molecule is CCCN1CCN(c2ccc(/C=C/C(=O)O)c(Cl)c2)CC1. The van der Waals surface area contributed by atoms with Crippen LogP contribution in [0.2, 0.25) is 5.02 Å². The molecule has 0 saturated carbocycles. The molecule has 1 aliphatic heterocycles. The van der Waals surface area contributed by atoms with Gasteiger partial charge in [-0.05, 0) is 36.7 Å². The van der Waals surface area contributed by atoms with E-state index >= 15 is 0 Å². The summed E-state index contributed by atoms with van der Waals surface area (Å²) in [6, 6.07) is 5.79. The average molecular weight is 309 g/mol. The van der Waals surface area contributed by atoms with E-state index in [9.17, 15) is 4.79 Å². The molecule has 1 aromatic carbocycles. The normalized spacial score (nSPS) is 16.6. The van der Waals surface area contributed by atoms with E-state index in [4.69, 9.17) is 16.7 Å². The fourth-order valence-corrected chi connectivity index (χ4v) is 2.79. The van der Waals surface area contributed by atoms with Crippen LogP contribution in [0.5, 0.6) is 0 Å². The van der Waals surface area contributed by atoms with E-state index in [1.807, 2.05) is 18.2 Å². The van der Waals surface area contributed by atoms with Gasteiger partial charge in [0.2, 0.25) is 0 Å². The molecule has 0 radical (unpaired) electrons. The van der Waals surface area contributed by atoms with E-state index < -0.39 is 5.97 Å². The second kappa shape index (κ2) is 7.48. The van der Waals surface area contributed by atoms with Crippen molar-refractivity contribution in [1.29, 1.82) is 0 Å². The minimum atomic E-state index is -0.970. The highest BCUT2D eigenvalue weighted by Gasteiger charge is 2.16. The number of hydrogen-bond donors (Lipinski definition) is 1. The molecule has 2 rings (SSSR count). The van der Waals surface area contributed by atoms with Gasteiger partial charge in [-0.2, -0.15) is 0 Å². The van der Waals surface area contributed by atoms with Gasteiger partial charge in [-0.1, -0.05) is 24.6 Å². The Bertz CT molecular complexity index is 523. The molecule has 0 spiro atoms. The van der Waals surface area contributed by atoms with Crippen LogP contribution in [0.25, 0.3) is 6.08 Å². The van der Waals surface area contributed by atoms with Crippen molar-refractivity contribution in [2.24, 2.45) is 0 Å². The molecule has 1 aliphatic rings. The number of rotatable bonds is 5. The average Bonchev–Trinajstić information content (AvgIpc) is 2.47. The number of carboxylic acids is 1. The highest BCUT2D eigenvalue weighted by molar-refractivity contribution is 6.32. The Kier molecular flexibility index (Phi) is 5.65. The van der Waals surface area contributed by atoms with Gasteiger partial charge in [-0.25, -0.2) is 4.79 Å². The Hall–Kier alpha value is -1.52.